The molecule has 0 heterocycles. The number of rotatable bonds is 9. The van der Waals surface area contributed by atoms with Gasteiger partial charge in [-0.1, -0.05) is 6.92 Å². The second-order valence-corrected chi connectivity index (χ2v) is 8.09. The number of sulfonamides is 1. The van der Waals surface area contributed by atoms with Gasteiger partial charge in [-0.15, -0.1) is 0 Å². The van der Waals surface area contributed by atoms with Gasteiger partial charge in [0.25, 0.3) is 0 Å². The van der Waals surface area contributed by atoms with Crippen molar-refractivity contribution in [3.05, 3.63) is 24.3 Å². The van der Waals surface area contributed by atoms with Gasteiger partial charge in [0.1, 0.15) is 6.04 Å². The maximum absolute atomic E-state index is 12.5. The summed E-state index contributed by atoms with van der Waals surface area (Å²) in [5.74, 6) is -1.18. The van der Waals surface area contributed by atoms with Gasteiger partial charge in [-0.2, -0.15) is 4.31 Å². The maximum atomic E-state index is 12.5. The Balaban J connectivity index is 2.71. The summed E-state index contributed by atoms with van der Waals surface area (Å²) in [5.41, 5.74) is 0.466. The quantitative estimate of drug-likeness (QED) is 0.552. The lowest BCUT2D eigenvalue weighted by Crippen LogP contribution is -2.48. The lowest BCUT2D eigenvalue weighted by molar-refractivity contribution is -0.128. The average Bonchev–Trinajstić information content (AvgIpc) is 2.59. The van der Waals surface area contributed by atoms with Crippen LogP contribution in [0.4, 0.5) is 5.69 Å². The molecule has 0 bridgehead atoms. The highest BCUT2D eigenvalue weighted by molar-refractivity contribution is 7.89. The molecule has 150 valence electrons. The van der Waals surface area contributed by atoms with E-state index in [2.05, 4.69) is 16.0 Å². The number of benzene rings is 1. The monoisotopic (exact) mass is 398 g/mol. The fraction of sp³-hybridized carbons (Fsp3) is 0.471. The van der Waals surface area contributed by atoms with E-state index in [0.29, 0.717) is 12.2 Å². The third kappa shape index (κ3) is 6.99. The van der Waals surface area contributed by atoms with E-state index < -0.39 is 28.5 Å². The lowest BCUT2D eigenvalue weighted by atomic mass is 10.3. The molecule has 1 aromatic carbocycles. The topological polar surface area (TPSA) is 125 Å². The van der Waals surface area contributed by atoms with Crippen LogP contribution in [0, 0.1) is 0 Å². The molecule has 1 rings (SSSR count). The fourth-order valence-corrected chi connectivity index (χ4v) is 3.26. The van der Waals surface area contributed by atoms with Crippen LogP contribution in [0.1, 0.15) is 27.2 Å². The van der Waals surface area contributed by atoms with E-state index in [1.807, 2.05) is 6.92 Å². The Morgan fingerprint density at radius 1 is 1.15 bits per heavy atom. The number of hydrogen-bond acceptors (Lipinski definition) is 5. The van der Waals surface area contributed by atoms with E-state index in [1.54, 1.807) is 0 Å². The molecule has 0 radical (unpaired) electrons. The Morgan fingerprint density at radius 2 is 1.74 bits per heavy atom. The molecule has 0 aliphatic rings. The molecule has 0 aliphatic carbocycles. The van der Waals surface area contributed by atoms with Gasteiger partial charge in [-0.05, 0) is 37.6 Å². The molecule has 0 aliphatic heterocycles. The molecule has 0 saturated carbocycles. The fourth-order valence-electron chi connectivity index (χ4n) is 2.13. The van der Waals surface area contributed by atoms with Crippen molar-refractivity contribution in [2.45, 2.75) is 38.1 Å². The first-order chi connectivity index (χ1) is 12.6. The van der Waals surface area contributed by atoms with Gasteiger partial charge in [-0.25, -0.2) is 8.42 Å². The highest BCUT2D eigenvalue weighted by Gasteiger charge is 2.24. The summed E-state index contributed by atoms with van der Waals surface area (Å²) in [7, 11) is -2.61. The number of nitrogens with one attached hydrogen (secondary N) is 3. The number of amides is 3. The Labute approximate surface area is 159 Å². The third-order valence-corrected chi connectivity index (χ3v) is 5.39. The number of hydrogen-bond donors (Lipinski definition) is 3. The Bertz CT molecular complexity index is 777. The Kier molecular flexibility index (Phi) is 8.38. The molecule has 0 spiro atoms. The number of nitrogens with zero attached hydrogens (tertiary/aromatic N) is 1. The van der Waals surface area contributed by atoms with E-state index in [-0.39, 0.29) is 16.7 Å². The second-order valence-electron chi connectivity index (χ2n) is 6.05. The van der Waals surface area contributed by atoms with Crippen LogP contribution in [-0.2, 0) is 24.4 Å². The van der Waals surface area contributed by atoms with Crippen LogP contribution in [0.5, 0.6) is 0 Å². The molecule has 3 N–H and O–H groups in total. The predicted molar refractivity (Wildman–Crippen MR) is 101 cm³/mol. The van der Waals surface area contributed by atoms with Crippen LogP contribution in [0.25, 0.3) is 0 Å². The number of carbonyl (C=O) groups is 3. The predicted octanol–water partition coefficient (Wildman–Crippen LogP) is 0.296. The van der Waals surface area contributed by atoms with Gasteiger partial charge in [-0.3, -0.25) is 14.4 Å². The largest absolute Gasteiger partial charge is 0.354 e. The summed E-state index contributed by atoms with van der Waals surface area (Å²) in [4.78, 5) is 34.8. The van der Waals surface area contributed by atoms with Crippen LogP contribution in [-0.4, -0.2) is 56.6 Å². The van der Waals surface area contributed by atoms with E-state index in [0.717, 1.165) is 10.7 Å². The summed E-state index contributed by atoms with van der Waals surface area (Å²) in [6, 6.07) is 4.84. The van der Waals surface area contributed by atoms with Gasteiger partial charge < -0.3 is 16.0 Å². The minimum absolute atomic E-state index is 0.0133. The van der Waals surface area contributed by atoms with E-state index in [9.17, 15) is 22.8 Å². The van der Waals surface area contributed by atoms with Crippen molar-refractivity contribution in [3.8, 4) is 0 Å². The van der Waals surface area contributed by atoms with Crippen LogP contribution in [0.3, 0.4) is 0 Å². The molecule has 10 heteroatoms. The first-order valence-electron chi connectivity index (χ1n) is 8.49. The summed E-state index contributed by atoms with van der Waals surface area (Å²) >= 11 is 0. The van der Waals surface area contributed by atoms with Crippen LogP contribution >= 0.6 is 0 Å². The van der Waals surface area contributed by atoms with Gasteiger partial charge in [0.05, 0.1) is 11.4 Å². The zero-order valence-electron chi connectivity index (χ0n) is 15.9. The summed E-state index contributed by atoms with van der Waals surface area (Å²) in [5, 5.41) is 7.66. The minimum Gasteiger partial charge on any atom is -0.354 e. The van der Waals surface area contributed by atoms with Gasteiger partial charge in [0, 0.05) is 26.2 Å². The van der Waals surface area contributed by atoms with Crippen LogP contribution in [0.2, 0.25) is 0 Å². The molecule has 3 amide bonds. The normalized spacial score (nSPS) is 12.3. The van der Waals surface area contributed by atoms with E-state index in [1.165, 1.54) is 45.2 Å². The van der Waals surface area contributed by atoms with E-state index in [4.69, 9.17) is 0 Å². The van der Waals surface area contributed by atoms with Gasteiger partial charge in [0.15, 0.2) is 0 Å². The van der Waals surface area contributed by atoms with Crippen molar-refractivity contribution in [1.82, 2.24) is 14.9 Å². The first-order valence-corrected chi connectivity index (χ1v) is 9.93. The van der Waals surface area contributed by atoms with Gasteiger partial charge >= 0.3 is 0 Å². The molecule has 0 aromatic heterocycles. The van der Waals surface area contributed by atoms with Crippen LogP contribution in [0.15, 0.2) is 29.2 Å². The molecular formula is C17H26N4O5S. The standard InChI is InChI=1S/C17H26N4O5S/c1-5-10-18-17(24)12(2)19-16(23)11-21(4)27(25,26)15-8-6-14(7-9-15)20-13(3)22/h6-9,12H,5,10-11H2,1-4H3,(H,18,24)(H,19,23)(H,20,22)/t12-/m0/s1. The summed E-state index contributed by atoms with van der Waals surface area (Å²) in [6.45, 7) is 4.85. The Hall–Kier alpha value is -2.46. The van der Waals surface area contributed by atoms with Crippen molar-refractivity contribution in [1.29, 1.82) is 0 Å². The molecule has 0 fully saturated rings. The van der Waals surface area contributed by atoms with E-state index >= 15 is 0 Å². The highest BCUT2D eigenvalue weighted by Crippen LogP contribution is 2.17. The Morgan fingerprint density at radius 3 is 2.26 bits per heavy atom. The zero-order chi connectivity index (χ0) is 20.6. The summed E-state index contributed by atoms with van der Waals surface area (Å²) in [6.07, 6.45) is 0.772. The third-order valence-electron chi connectivity index (χ3n) is 3.57. The number of likely N-dealkylation sites (N-methyl/N-ethyl adjacent to an activating group) is 1. The summed E-state index contributed by atoms with van der Waals surface area (Å²) < 4.78 is 26.0. The average molecular weight is 398 g/mol. The second kappa shape index (κ2) is 10.0. The smallest absolute Gasteiger partial charge is 0.243 e. The molecule has 0 saturated heterocycles. The zero-order valence-corrected chi connectivity index (χ0v) is 16.7. The molecule has 0 unspecified atom stereocenters. The van der Waals surface area contributed by atoms with Crippen molar-refractivity contribution in [2.75, 3.05) is 25.5 Å². The van der Waals surface area contributed by atoms with Crippen molar-refractivity contribution in [3.63, 3.8) is 0 Å². The number of anilines is 1. The molecule has 27 heavy (non-hydrogen) atoms. The molecule has 1 atom stereocenters. The van der Waals surface area contributed by atoms with Crippen molar-refractivity contribution >= 4 is 33.4 Å². The molecule has 9 nitrogen and oxygen atoms in total. The minimum atomic E-state index is -3.89. The SMILES string of the molecule is CCCNC(=O)[C@H](C)NC(=O)CN(C)S(=O)(=O)c1ccc(NC(C)=O)cc1. The van der Waals surface area contributed by atoms with Crippen LogP contribution < -0.4 is 16.0 Å². The lowest BCUT2D eigenvalue weighted by Gasteiger charge is -2.19. The molecular weight excluding hydrogens is 372 g/mol. The van der Waals surface area contributed by atoms with Crippen molar-refractivity contribution < 1.29 is 22.8 Å². The maximum Gasteiger partial charge on any atom is 0.243 e. The van der Waals surface area contributed by atoms with Crippen molar-refractivity contribution in [2.24, 2.45) is 0 Å². The molecule has 1 aromatic rings. The first kappa shape index (κ1) is 22.6. The highest BCUT2D eigenvalue weighted by atomic mass is 32.2. The number of carbonyl (C=O) groups excluding carboxylic acids is 3. The van der Waals surface area contributed by atoms with Gasteiger partial charge in [0.2, 0.25) is 27.7 Å².